The van der Waals surface area contributed by atoms with Crippen molar-refractivity contribution in [3.05, 3.63) is 16.6 Å². The van der Waals surface area contributed by atoms with Crippen LogP contribution in [0.3, 0.4) is 0 Å². The molecule has 0 N–H and O–H groups in total. The number of hydrogen-bond acceptors (Lipinski definition) is 5. The number of nitrogens with zero attached hydrogens (tertiary/aromatic N) is 3. The lowest BCUT2D eigenvalue weighted by molar-refractivity contribution is 0.0138. The van der Waals surface area contributed by atoms with Gasteiger partial charge in [-0.2, -0.15) is 0 Å². The van der Waals surface area contributed by atoms with Gasteiger partial charge in [0.15, 0.2) is 0 Å². The Hall–Kier alpha value is -0.490. The molecule has 118 valence electrons. The first-order valence-electron chi connectivity index (χ1n) is 8.05. The number of rotatable bonds is 7. The summed E-state index contributed by atoms with van der Waals surface area (Å²) in [5.41, 5.74) is 0.317. The Morgan fingerprint density at radius 2 is 2.14 bits per heavy atom. The Balaban J connectivity index is 1.55. The molecule has 3 rings (SSSR count). The molecule has 0 spiro atoms. The van der Waals surface area contributed by atoms with E-state index in [1.54, 1.807) is 11.3 Å². The Morgan fingerprint density at radius 1 is 1.38 bits per heavy atom. The molecular formula is C16H27N3OS. The van der Waals surface area contributed by atoms with Crippen molar-refractivity contribution < 1.29 is 4.74 Å². The maximum atomic E-state index is 5.45. The summed E-state index contributed by atoms with van der Waals surface area (Å²) in [4.78, 5) is 9.67. The van der Waals surface area contributed by atoms with Gasteiger partial charge in [0.1, 0.15) is 5.01 Å². The predicted molar refractivity (Wildman–Crippen MR) is 86.6 cm³/mol. The smallest absolute Gasteiger partial charge is 0.107 e. The van der Waals surface area contributed by atoms with Crippen LogP contribution in [0.1, 0.15) is 31.7 Å². The van der Waals surface area contributed by atoms with Gasteiger partial charge >= 0.3 is 0 Å². The molecule has 1 aromatic heterocycles. The molecule has 1 aliphatic heterocycles. The fourth-order valence-electron chi connectivity index (χ4n) is 3.22. The lowest BCUT2D eigenvalue weighted by atomic mass is 9.91. The minimum atomic E-state index is 0.317. The lowest BCUT2D eigenvalue weighted by Crippen LogP contribution is -2.46. The second-order valence-electron chi connectivity index (χ2n) is 7.11. The van der Waals surface area contributed by atoms with Crippen LogP contribution in [0.25, 0.3) is 0 Å². The molecule has 4 nitrogen and oxygen atoms in total. The summed E-state index contributed by atoms with van der Waals surface area (Å²) in [7, 11) is 0. The molecule has 2 fully saturated rings. The van der Waals surface area contributed by atoms with Crippen molar-refractivity contribution in [3.63, 3.8) is 0 Å². The van der Waals surface area contributed by atoms with Gasteiger partial charge in [0.05, 0.1) is 19.8 Å². The minimum absolute atomic E-state index is 0.317. The SMILES string of the molecule is CC(C)(CN1CCOCC1)CN(Cc1nccs1)C1CC1. The zero-order chi connectivity index (χ0) is 14.7. The number of hydrogen-bond donors (Lipinski definition) is 0. The van der Waals surface area contributed by atoms with E-state index in [2.05, 4.69) is 34.0 Å². The predicted octanol–water partition coefficient (Wildman–Crippen LogP) is 2.47. The Morgan fingerprint density at radius 3 is 2.76 bits per heavy atom. The van der Waals surface area contributed by atoms with Gasteiger partial charge in [0.25, 0.3) is 0 Å². The van der Waals surface area contributed by atoms with Gasteiger partial charge in [-0.1, -0.05) is 13.8 Å². The Labute approximate surface area is 132 Å². The molecule has 0 bridgehead atoms. The first-order valence-corrected chi connectivity index (χ1v) is 8.93. The van der Waals surface area contributed by atoms with Gasteiger partial charge in [-0.3, -0.25) is 9.80 Å². The van der Waals surface area contributed by atoms with Crippen molar-refractivity contribution in [2.24, 2.45) is 5.41 Å². The summed E-state index contributed by atoms with van der Waals surface area (Å²) < 4.78 is 5.45. The zero-order valence-corrected chi connectivity index (χ0v) is 14.1. The number of morpholine rings is 1. The third-order valence-electron chi connectivity index (χ3n) is 4.27. The van der Waals surface area contributed by atoms with E-state index in [1.807, 2.05) is 6.20 Å². The van der Waals surface area contributed by atoms with Gasteiger partial charge in [0, 0.05) is 43.8 Å². The van der Waals surface area contributed by atoms with Gasteiger partial charge in [-0.05, 0) is 18.3 Å². The van der Waals surface area contributed by atoms with Crippen molar-refractivity contribution in [1.29, 1.82) is 0 Å². The van der Waals surface area contributed by atoms with Gasteiger partial charge in [-0.25, -0.2) is 4.98 Å². The van der Waals surface area contributed by atoms with Crippen LogP contribution < -0.4 is 0 Å². The molecule has 0 radical (unpaired) electrons. The molecule has 1 saturated carbocycles. The maximum absolute atomic E-state index is 5.45. The number of aromatic nitrogens is 1. The summed E-state index contributed by atoms with van der Waals surface area (Å²) in [6, 6.07) is 0.790. The van der Waals surface area contributed by atoms with Crippen LogP contribution in [0.15, 0.2) is 11.6 Å². The Bertz CT molecular complexity index is 425. The second kappa shape index (κ2) is 6.73. The summed E-state index contributed by atoms with van der Waals surface area (Å²) in [6.45, 7) is 12.1. The monoisotopic (exact) mass is 309 g/mol. The van der Waals surface area contributed by atoms with Gasteiger partial charge < -0.3 is 4.74 Å². The molecule has 0 aromatic carbocycles. The summed E-state index contributed by atoms with van der Waals surface area (Å²) in [5.74, 6) is 0. The number of thiazole rings is 1. The highest BCUT2D eigenvalue weighted by Crippen LogP contribution is 2.32. The average Bonchev–Trinajstić information content (AvgIpc) is 3.17. The van der Waals surface area contributed by atoms with E-state index in [1.165, 1.54) is 17.8 Å². The average molecular weight is 309 g/mol. The van der Waals surface area contributed by atoms with E-state index < -0.39 is 0 Å². The van der Waals surface area contributed by atoms with Crippen LogP contribution in [0.2, 0.25) is 0 Å². The van der Waals surface area contributed by atoms with Crippen molar-refractivity contribution in [2.45, 2.75) is 39.3 Å². The molecule has 0 unspecified atom stereocenters. The lowest BCUT2D eigenvalue weighted by Gasteiger charge is -2.38. The zero-order valence-electron chi connectivity index (χ0n) is 13.3. The molecule has 5 heteroatoms. The molecule has 21 heavy (non-hydrogen) atoms. The first kappa shape index (κ1) is 15.4. The fourth-order valence-corrected chi connectivity index (χ4v) is 3.86. The van der Waals surface area contributed by atoms with E-state index in [9.17, 15) is 0 Å². The van der Waals surface area contributed by atoms with Gasteiger partial charge in [0.2, 0.25) is 0 Å². The first-order chi connectivity index (χ1) is 10.1. The highest BCUT2D eigenvalue weighted by Gasteiger charge is 2.34. The van der Waals surface area contributed by atoms with Crippen molar-refractivity contribution >= 4 is 11.3 Å². The van der Waals surface area contributed by atoms with Crippen molar-refractivity contribution in [2.75, 3.05) is 39.4 Å². The molecule has 0 amide bonds. The van der Waals surface area contributed by atoms with E-state index in [-0.39, 0.29) is 0 Å². The highest BCUT2D eigenvalue weighted by molar-refractivity contribution is 7.09. The van der Waals surface area contributed by atoms with E-state index >= 15 is 0 Å². The minimum Gasteiger partial charge on any atom is -0.379 e. The topological polar surface area (TPSA) is 28.6 Å². The van der Waals surface area contributed by atoms with E-state index in [4.69, 9.17) is 4.74 Å². The summed E-state index contributed by atoms with van der Waals surface area (Å²) >= 11 is 1.78. The quantitative estimate of drug-likeness (QED) is 0.773. The third-order valence-corrected chi connectivity index (χ3v) is 5.04. The molecule has 1 saturated heterocycles. The maximum Gasteiger partial charge on any atom is 0.107 e. The molecule has 1 aromatic rings. The Kier molecular flexibility index (Phi) is 4.94. The molecule has 0 atom stereocenters. The normalized spacial score (nSPS) is 21.1. The largest absolute Gasteiger partial charge is 0.379 e. The van der Waals surface area contributed by atoms with Crippen LogP contribution >= 0.6 is 11.3 Å². The standard InChI is InChI=1S/C16H27N3OS/c1-16(2,12-18-6-8-20-9-7-18)13-19(14-3-4-14)11-15-17-5-10-21-15/h5,10,14H,3-4,6-9,11-13H2,1-2H3. The van der Waals surface area contributed by atoms with Crippen LogP contribution in [0.4, 0.5) is 0 Å². The van der Waals surface area contributed by atoms with Crippen LogP contribution in [0.5, 0.6) is 0 Å². The third kappa shape index (κ3) is 4.74. The van der Waals surface area contributed by atoms with E-state index in [0.717, 1.165) is 52.0 Å². The van der Waals surface area contributed by atoms with Crippen LogP contribution in [-0.4, -0.2) is 60.2 Å². The van der Waals surface area contributed by atoms with Crippen molar-refractivity contribution in [1.82, 2.24) is 14.8 Å². The summed E-state index contributed by atoms with van der Waals surface area (Å²) in [6.07, 6.45) is 4.64. The molecule has 1 aliphatic carbocycles. The summed E-state index contributed by atoms with van der Waals surface area (Å²) in [5, 5.41) is 3.34. The fraction of sp³-hybridized carbons (Fsp3) is 0.812. The molecule has 2 aliphatic rings. The van der Waals surface area contributed by atoms with Gasteiger partial charge in [-0.15, -0.1) is 11.3 Å². The second-order valence-corrected chi connectivity index (χ2v) is 8.09. The highest BCUT2D eigenvalue weighted by atomic mass is 32.1. The van der Waals surface area contributed by atoms with Crippen molar-refractivity contribution in [3.8, 4) is 0 Å². The van der Waals surface area contributed by atoms with E-state index in [0.29, 0.717) is 5.41 Å². The van der Waals surface area contributed by atoms with Crippen LogP contribution in [0, 0.1) is 5.41 Å². The molecular weight excluding hydrogens is 282 g/mol. The number of ether oxygens (including phenoxy) is 1. The van der Waals surface area contributed by atoms with Crippen LogP contribution in [-0.2, 0) is 11.3 Å². The molecule has 2 heterocycles.